The van der Waals surface area contributed by atoms with E-state index in [1.165, 1.54) is 0 Å². The summed E-state index contributed by atoms with van der Waals surface area (Å²) in [5.41, 5.74) is -0.232. The molecule has 1 aromatic rings. The molecule has 1 rings (SSSR count). The zero-order valence-electron chi connectivity index (χ0n) is 11.6. The Kier molecular flexibility index (Phi) is 4.94. The first kappa shape index (κ1) is 16.2. The van der Waals surface area contributed by atoms with E-state index in [-0.39, 0.29) is 27.4 Å². The number of aromatic carboxylic acids is 1. The molecule has 0 aliphatic rings. The summed E-state index contributed by atoms with van der Waals surface area (Å²) in [6, 6.07) is 2.15. The Morgan fingerprint density at radius 3 is 2.50 bits per heavy atom. The second-order valence-electron chi connectivity index (χ2n) is 5.65. The molecule has 110 valence electrons. The maximum atomic E-state index is 11.2. The highest BCUT2D eigenvalue weighted by atomic mass is 35.5. The van der Waals surface area contributed by atoms with Crippen molar-refractivity contribution in [3.05, 3.63) is 32.8 Å². The zero-order valence-corrected chi connectivity index (χ0v) is 12.3. The number of nitro groups is 1. The van der Waals surface area contributed by atoms with Crippen LogP contribution in [-0.2, 0) is 0 Å². The molecule has 0 aliphatic heterocycles. The maximum absolute atomic E-state index is 11.2. The van der Waals surface area contributed by atoms with E-state index in [1.807, 2.05) is 0 Å². The Labute approximate surface area is 121 Å². The summed E-state index contributed by atoms with van der Waals surface area (Å²) in [7, 11) is 0. The summed E-state index contributed by atoms with van der Waals surface area (Å²) >= 11 is 5.94. The van der Waals surface area contributed by atoms with Crippen LogP contribution >= 0.6 is 11.6 Å². The average Bonchev–Trinajstić information content (AvgIpc) is 2.28. The molecule has 0 fully saturated rings. The molecule has 20 heavy (non-hydrogen) atoms. The third kappa shape index (κ3) is 4.38. The van der Waals surface area contributed by atoms with Gasteiger partial charge in [-0.25, -0.2) is 4.79 Å². The minimum Gasteiger partial charge on any atom is -0.478 e. The summed E-state index contributed by atoms with van der Waals surface area (Å²) in [6.07, 6.45) is 0.805. The lowest BCUT2D eigenvalue weighted by Crippen LogP contribution is -2.15. The third-order valence-corrected chi connectivity index (χ3v) is 2.99. The molecule has 0 heterocycles. The van der Waals surface area contributed by atoms with E-state index in [4.69, 9.17) is 16.7 Å². The molecule has 0 amide bonds. The third-order valence-electron chi connectivity index (χ3n) is 2.69. The zero-order chi connectivity index (χ0) is 15.5. The van der Waals surface area contributed by atoms with Crippen molar-refractivity contribution in [3.63, 3.8) is 0 Å². The number of halogens is 1. The highest BCUT2D eigenvalue weighted by Gasteiger charge is 2.20. The monoisotopic (exact) mass is 300 g/mol. The predicted molar refractivity (Wildman–Crippen MR) is 77.6 cm³/mol. The summed E-state index contributed by atoms with van der Waals surface area (Å²) in [4.78, 5) is 21.2. The summed E-state index contributed by atoms with van der Waals surface area (Å²) in [6.45, 7) is 6.71. The maximum Gasteiger partial charge on any atom is 0.338 e. The van der Waals surface area contributed by atoms with Gasteiger partial charge in [0.2, 0.25) is 0 Å². The number of nitrogens with one attached hydrogen (secondary N) is 1. The number of hydrogen-bond acceptors (Lipinski definition) is 4. The molecule has 0 unspecified atom stereocenters. The lowest BCUT2D eigenvalue weighted by Gasteiger charge is -2.19. The quantitative estimate of drug-likeness (QED) is 0.637. The van der Waals surface area contributed by atoms with Crippen molar-refractivity contribution in [2.75, 3.05) is 11.9 Å². The number of benzene rings is 1. The molecule has 6 nitrogen and oxygen atoms in total. The van der Waals surface area contributed by atoms with Crippen molar-refractivity contribution in [1.29, 1.82) is 0 Å². The minimum absolute atomic E-state index is 0.0329. The van der Waals surface area contributed by atoms with E-state index in [2.05, 4.69) is 26.1 Å². The number of carbonyl (C=O) groups is 1. The van der Waals surface area contributed by atoms with Crippen LogP contribution in [0.5, 0.6) is 0 Å². The van der Waals surface area contributed by atoms with E-state index in [0.717, 1.165) is 18.6 Å². The van der Waals surface area contributed by atoms with Crippen molar-refractivity contribution in [3.8, 4) is 0 Å². The molecule has 2 N–H and O–H groups in total. The number of nitro benzene ring substituents is 1. The summed E-state index contributed by atoms with van der Waals surface area (Å²) in [5, 5.41) is 22.8. The Bertz CT molecular complexity index is 538. The van der Waals surface area contributed by atoms with Crippen LogP contribution in [0.1, 0.15) is 37.6 Å². The van der Waals surface area contributed by atoms with E-state index < -0.39 is 10.9 Å². The Morgan fingerprint density at radius 2 is 2.05 bits per heavy atom. The molecule has 0 atom stereocenters. The second kappa shape index (κ2) is 6.09. The SMILES string of the molecule is CC(C)(C)CCNc1c(Cl)cc([N+](=O)[O-])cc1C(=O)O. The van der Waals surface area contributed by atoms with Crippen molar-refractivity contribution in [2.45, 2.75) is 27.2 Å². The Hall–Kier alpha value is -1.82. The number of anilines is 1. The van der Waals surface area contributed by atoms with Gasteiger partial charge >= 0.3 is 5.97 Å². The van der Waals surface area contributed by atoms with Crippen LogP contribution in [0.25, 0.3) is 0 Å². The Morgan fingerprint density at radius 1 is 1.45 bits per heavy atom. The Balaban J connectivity index is 3.06. The number of hydrogen-bond donors (Lipinski definition) is 2. The van der Waals surface area contributed by atoms with Crippen LogP contribution in [0, 0.1) is 15.5 Å². The lowest BCUT2D eigenvalue weighted by atomic mass is 9.92. The lowest BCUT2D eigenvalue weighted by molar-refractivity contribution is -0.384. The van der Waals surface area contributed by atoms with Gasteiger partial charge in [-0.3, -0.25) is 10.1 Å². The van der Waals surface area contributed by atoms with Gasteiger partial charge in [0.1, 0.15) is 0 Å². The number of carboxylic acids is 1. The van der Waals surface area contributed by atoms with E-state index >= 15 is 0 Å². The molecular weight excluding hydrogens is 284 g/mol. The highest BCUT2D eigenvalue weighted by Crippen LogP contribution is 2.32. The first-order valence-corrected chi connectivity index (χ1v) is 6.45. The van der Waals surface area contributed by atoms with E-state index in [0.29, 0.717) is 6.54 Å². The molecule has 0 saturated heterocycles. The van der Waals surface area contributed by atoms with Gasteiger partial charge in [-0.05, 0) is 11.8 Å². The topological polar surface area (TPSA) is 92.5 Å². The van der Waals surface area contributed by atoms with Gasteiger partial charge in [-0.15, -0.1) is 0 Å². The number of carboxylic acid groups (broad SMARTS) is 1. The van der Waals surface area contributed by atoms with Crippen LogP contribution in [-0.4, -0.2) is 22.5 Å². The average molecular weight is 301 g/mol. The van der Waals surface area contributed by atoms with Gasteiger partial charge in [0.05, 0.1) is 21.2 Å². The minimum atomic E-state index is -1.26. The number of nitrogens with zero attached hydrogens (tertiary/aromatic N) is 1. The van der Waals surface area contributed by atoms with Gasteiger partial charge < -0.3 is 10.4 Å². The van der Waals surface area contributed by atoms with Crippen molar-refractivity contribution in [1.82, 2.24) is 0 Å². The van der Waals surface area contributed by atoms with Gasteiger partial charge in [-0.1, -0.05) is 32.4 Å². The fourth-order valence-electron chi connectivity index (χ4n) is 1.61. The van der Waals surface area contributed by atoms with Crippen LogP contribution in [0.2, 0.25) is 5.02 Å². The van der Waals surface area contributed by atoms with Crippen LogP contribution in [0.4, 0.5) is 11.4 Å². The molecule has 1 aromatic carbocycles. The van der Waals surface area contributed by atoms with Crippen LogP contribution in [0.15, 0.2) is 12.1 Å². The molecule has 0 aliphatic carbocycles. The summed E-state index contributed by atoms with van der Waals surface area (Å²) < 4.78 is 0. The van der Waals surface area contributed by atoms with Gasteiger partial charge in [-0.2, -0.15) is 0 Å². The highest BCUT2D eigenvalue weighted by molar-refractivity contribution is 6.34. The van der Waals surface area contributed by atoms with E-state index in [1.54, 1.807) is 0 Å². The van der Waals surface area contributed by atoms with Gasteiger partial charge in [0, 0.05) is 18.7 Å². The second-order valence-corrected chi connectivity index (χ2v) is 6.06. The van der Waals surface area contributed by atoms with Crippen molar-refractivity contribution < 1.29 is 14.8 Å². The van der Waals surface area contributed by atoms with Crippen molar-refractivity contribution >= 4 is 28.9 Å². The van der Waals surface area contributed by atoms with E-state index in [9.17, 15) is 14.9 Å². The molecule has 0 saturated carbocycles. The van der Waals surface area contributed by atoms with Gasteiger partial charge in [0.25, 0.3) is 5.69 Å². The largest absolute Gasteiger partial charge is 0.478 e. The fourth-order valence-corrected chi connectivity index (χ4v) is 1.89. The number of rotatable bonds is 5. The summed E-state index contributed by atoms with van der Waals surface area (Å²) in [5.74, 6) is -1.26. The van der Waals surface area contributed by atoms with Crippen LogP contribution < -0.4 is 5.32 Å². The van der Waals surface area contributed by atoms with Crippen LogP contribution in [0.3, 0.4) is 0 Å². The van der Waals surface area contributed by atoms with Crippen molar-refractivity contribution in [2.24, 2.45) is 5.41 Å². The molecule has 0 aromatic heterocycles. The molecule has 0 bridgehead atoms. The molecule has 0 spiro atoms. The standard InChI is InChI=1S/C13H17ClN2O4/c1-13(2,3)4-5-15-11-9(12(17)18)6-8(16(19)20)7-10(11)14/h6-7,15H,4-5H2,1-3H3,(H,17,18). The van der Waals surface area contributed by atoms with Gasteiger partial charge in [0.15, 0.2) is 0 Å². The molecular formula is C13H17ClN2O4. The molecule has 0 radical (unpaired) electrons. The number of non-ortho nitro benzene ring substituents is 1. The smallest absolute Gasteiger partial charge is 0.338 e. The normalized spacial score (nSPS) is 11.2. The molecule has 7 heteroatoms. The fraction of sp³-hybridized carbons (Fsp3) is 0.462. The first-order chi connectivity index (χ1) is 9.11. The first-order valence-electron chi connectivity index (χ1n) is 6.07. The predicted octanol–water partition coefficient (Wildman–Crippen LogP) is 3.79.